The van der Waals surface area contributed by atoms with Gasteiger partial charge in [0.2, 0.25) is 4.96 Å². The Bertz CT molecular complexity index is 640. The molecule has 0 aromatic carbocycles. The Morgan fingerprint density at radius 3 is 2.65 bits per heavy atom. The van der Waals surface area contributed by atoms with Crippen LogP contribution < -0.4 is 5.32 Å². The van der Waals surface area contributed by atoms with Gasteiger partial charge in [-0.2, -0.15) is 0 Å². The molecule has 0 radical (unpaired) electrons. The Kier molecular flexibility index (Phi) is 3.47. The van der Waals surface area contributed by atoms with Crippen molar-refractivity contribution in [3.63, 3.8) is 0 Å². The van der Waals surface area contributed by atoms with Gasteiger partial charge in [-0.3, -0.25) is 9.20 Å². The highest BCUT2D eigenvalue weighted by Gasteiger charge is 2.24. The van der Waals surface area contributed by atoms with E-state index < -0.39 is 0 Å². The third-order valence-electron chi connectivity index (χ3n) is 3.89. The van der Waals surface area contributed by atoms with Crippen LogP contribution in [-0.2, 0) is 0 Å². The first-order valence-corrected chi connectivity index (χ1v) is 7.68. The van der Waals surface area contributed by atoms with E-state index in [1.165, 1.54) is 11.3 Å². The lowest BCUT2D eigenvalue weighted by Gasteiger charge is -2.26. The Labute approximate surface area is 120 Å². The molecule has 0 unspecified atom stereocenters. The monoisotopic (exact) mass is 294 g/mol. The second-order valence-corrected chi connectivity index (χ2v) is 6.34. The molecule has 0 spiro atoms. The molecule has 6 nitrogen and oxygen atoms in total. The van der Waals surface area contributed by atoms with Gasteiger partial charge in [0.05, 0.1) is 6.10 Å². The lowest BCUT2D eigenvalue weighted by Crippen LogP contribution is -2.38. The normalized spacial score (nSPS) is 23.1. The highest BCUT2D eigenvalue weighted by atomic mass is 32.1. The first-order valence-electron chi connectivity index (χ1n) is 6.86. The zero-order valence-electron chi connectivity index (χ0n) is 11.6. The minimum Gasteiger partial charge on any atom is -0.393 e. The molecular formula is C13H18N4O2S. The molecule has 0 aliphatic heterocycles. The summed E-state index contributed by atoms with van der Waals surface area (Å²) in [6.07, 6.45) is 3.01. The number of hydrogen-bond donors (Lipinski definition) is 2. The standard InChI is InChI=1S/C13H18N4O2S/c1-7-11(20-13-16-15-8(2)17(7)13)12(19)14-9-3-5-10(18)6-4-9/h9-10,18H,3-6H2,1-2H3,(H,14,19). The van der Waals surface area contributed by atoms with Crippen molar-refractivity contribution in [2.24, 2.45) is 0 Å². The average Bonchev–Trinajstić information content (AvgIpc) is 2.94. The maximum absolute atomic E-state index is 12.4. The van der Waals surface area contributed by atoms with E-state index in [0.29, 0.717) is 4.88 Å². The summed E-state index contributed by atoms with van der Waals surface area (Å²) < 4.78 is 1.91. The predicted octanol–water partition coefficient (Wildman–Crippen LogP) is 1.44. The number of nitrogens with zero attached hydrogens (tertiary/aromatic N) is 3. The molecule has 0 saturated heterocycles. The molecule has 108 valence electrons. The predicted molar refractivity (Wildman–Crippen MR) is 76.1 cm³/mol. The van der Waals surface area contributed by atoms with E-state index in [9.17, 15) is 9.90 Å². The topological polar surface area (TPSA) is 79.5 Å². The van der Waals surface area contributed by atoms with Crippen LogP contribution in [0.5, 0.6) is 0 Å². The number of aryl methyl sites for hydroxylation is 2. The lowest BCUT2D eigenvalue weighted by molar-refractivity contribution is 0.0870. The molecule has 3 rings (SSSR count). The molecule has 0 atom stereocenters. The van der Waals surface area contributed by atoms with E-state index in [1.807, 2.05) is 18.2 Å². The molecule has 7 heteroatoms. The fourth-order valence-electron chi connectivity index (χ4n) is 2.74. The molecule has 1 fully saturated rings. The van der Waals surface area contributed by atoms with Crippen LogP contribution in [0.1, 0.15) is 46.9 Å². The van der Waals surface area contributed by atoms with Gasteiger partial charge in [0, 0.05) is 11.7 Å². The largest absolute Gasteiger partial charge is 0.393 e. The number of carbonyl (C=O) groups excluding carboxylic acids is 1. The minimum atomic E-state index is -0.205. The van der Waals surface area contributed by atoms with E-state index in [1.54, 1.807) is 0 Å². The number of fused-ring (bicyclic) bond motifs is 1. The molecule has 1 saturated carbocycles. The van der Waals surface area contributed by atoms with Gasteiger partial charge in [-0.25, -0.2) is 0 Å². The number of aromatic nitrogens is 3. The lowest BCUT2D eigenvalue weighted by atomic mass is 9.93. The van der Waals surface area contributed by atoms with Crippen molar-refractivity contribution >= 4 is 22.2 Å². The van der Waals surface area contributed by atoms with Crippen molar-refractivity contribution in [1.29, 1.82) is 0 Å². The zero-order chi connectivity index (χ0) is 14.3. The van der Waals surface area contributed by atoms with Crippen LogP contribution in [0.15, 0.2) is 0 Å². The molecular weight excluding hydrogens is 276 g/mol. The number of rotatable bonds is 2. The van der Waals surface area contributed by atoms with Crippen molar-refractivity contribution in [3.05, 3.63) is 16.4 Å². The number of aliphatic hydroxyl groups is 1. The van der Waals surface area contributed by atoms with Crippen LogP contribution in [-0.4, -0.2) is 37.8 Å². The zero-order valence-corrected chi connectivity index (χ0v) is 12.4. The van der Waals surface area contributed by atoms with Crippen molar-refractivity contribution in [2.45, 2.75) is 51.7 Å². The Hall–Kier alpha value is -1.47. The maximum Gasteiger partial charge on any atom is 0.263 e. The average molecular weight is 294 g/mol. The summed E-state index contributed by atoms with van der Waals surface area (Å²) >= 11 is 1.37. The smallest absolute Gasteiger partial charge is 0.263 e. The first kappa shape index (κ1) is 13.5. The van der Waals surface area contributed by atoms with Crippen molar-refractivity contribution in [1.82, 2.24) is 19.9 Å². The number of thiazole rings is 1. The molecule has 1 aliphatic rings. The summed E-state index contributed by atoms with van der Waals surface area (Å²) in [5.41, 5.74) is 0.890. The van der Waals surface area contributed by atoms with Gasteiger partial charge in [-0.05, 0) is 39.5 Å². The molecule has 0 bridgehead atoms. The summed E-state index contributed by atoms with van der Waals surface area (Å²) in [6, 6.07) is 0.166. The van der Waals surface area contributed by atoms with Crippen molar-refractivity contribution < 1.29 is 9.90 Å². The number of hydrogen-bond acceptors (Lipinski definition) is 5. The van der Waals surface area contributed by atoms with Crippen LogP contribution in [0.25, 0.3) is 4.96 Å². The first-order chi connectivity index (χ1) is 9.56. The molecule has 1 amide bonds. The summed E-state index contributed by atoms with van der Waals surface area (Å²) in [6.45, 7) is 3.79. The number of nitrogens with one attached hydrogen (secondary N) is 1. The highest BCUT2D eigenvalue weighted by molar-refractivity contribution is 7.19. The summed E-state index contributed by atoms with van der Waals surface area (Å²) in [4.78, 5) is 13.8. The number of amides is 1. The molecule has 2 aromatic rings. The number of aliphatic hydroxyl groups excluding tert-OH is 1. The van der Waals surface area contributed by atoms with E-state index in [-0.39, 0.29) is 18.1 Å². The maximum atomic E-state index is 12.4. The second-order valence-electron chi connectivity index (χ2n) is 5.36. The minimum absolute atomic E-state index is 0.0428. The van der Waals surface area contributed by atoms with Gasteiger partial charge in [0.15, 0.2) is 0 Å². The van der Waals surface area contributed by atoms with Crippen molar-refractivity contribution in [2.75, 3.05) is 0 Å². The van der Waals surface area contributed by atoms with Gasteiger partial charge in [-0.1, -0.05) is 11.3 Å². The van der Waals surface area contributed by atoms with Crippen LogP contribution in [0, 0.1) is 13.8 Å². The molecule has 20 heavy (non-hydrogen) atoms. The summed E-state index contributed by atoms with van der Waals surface area (Å²) in [7, 11) is 0. The fourth-order valence-corrected chi connectivity index (χ4v) is 3.76. The Morgan fingerprint density at radius 2 is 2.00 bits per heavy atom. The van der Waals surface area contributed by atoms with Crippen LogP contribution in [0.2, 0.25) is 0 Å². The van der Waals surface area contributed by atoms with E-state index >= 15 is 0 Å². The molecule has 2 heterocycles. The Balaban J connectivity index is 1.77. The molecule has 2 aromatic heterocycles. The Morgan fingerprint density at radius 1 is 1.30 bits per heavy atom. The second kappa shape index (κ2) is 5.14. The third kappa shape index (κ3) is 2.31. The van der Waals surface area contributed by atoms with Crippen LogP contribution >= 0.6 is 11.3 Å². The van der Waals surface area contributed by atoms with Crippen LogP contribution in [0.3, 0.4) is 0 Å². The SMILES string of the molecule is Cc1nnc2sc(C(=O)NC3CCC(O)CC3)c(C)n12. The van der Waals surface area contributed by atoms with Gasteiger partial charge in [0.1, 0.15) is 10.7 Å². The van der Waals surface area contributed by atoms with Gasteiger partial charge >= 0.3 is 0 Å². The van der Waals surface area contributed by atoms with Gasteiger partial charge < -0.3 is 10.4 Å². The third-order valence-corrected chi connectivity index (χ3v) is 5.02. The summed E-state index contributed by atoms with van der Waals surface area (Å²) in [5, 5.41) is 20.6. The molecule has 1 aliphatic carbocycles. The van der Waals surface area contributed by atoms with Gasteiger partial charge in [0.25, 0.3) is 5.91 Å². The fraction of sp³-hybridized carbons (Fsp3) is 0.615. The quantitative estimate of drug-likeness (QED) is 0.878. The number of carbonyl (C=O) groups is 1. The van der Waals surface area contributed by atoms with Crippen molar-refractivity contribution in [3.8, 4) is 0 Å². The summed E-state index contributed by atoms with van der Waals surface area (Å²) in [5.74, 6) is 0.757. The van der Waals surface area contributed by atoms with Crippen LogP contribution in [0.4, 0.5) is 0 Å². The van der Waals surface area contributed by atoms with E-state index in [0.717, 1.165) is 42.2 Å². The van der Waals surface area contributed by atoms with E-state index in [2.05, 4.69) is 15.5 Å². The molecule has 2 N–H and O–H groups in total. The van der Waals surface area contributed by atoms with Gasteiger partial charge in [-0.15, -0.1) is 10.2 Å². The van der Waals surface area contributed by atoms with E-state index in [4.69, 9.17) is 0 Å². The highest BCUT2D eigenvalue weighted by Crippen LogP contribution is 2.24.